The number of nitrogens with zero attached hydrogens (tertiary/aromatic N) is 1. The molecule has 0 aromatic carbocycles. The van der Waals surface area contributed by atoms with Gasteiger partial charge < -0.3 is 19.4 Å². The Bertz CT molecular complexity index is 344. The van der Waals surface area contributed by atoms with E-state index in [-0.39, 0.29) is 18.1 Å². The van der Waals surface area contributed by atoms with E-state index in [1.807, 2.05) is 0 Å². The number of aromatic nitrogens is 1. The van der Waals surface area contributed by atoms with Gasteiger partial charge in [-0.2, -0.15) is 0 Å². The van der Waals surface area contributed by atoms with Crippen LogP contribution in [0.4, 0.5) is 0 Å². The molecule has 1 rings (SSSR count). The number of rotatable bonds is 4. The van der Waals surface area contributed by atoms with Gasteiger partial charge in [-0.25, -0.2) is 9.78 Å². The number of carbonyl (C=O) groups is 1. The van der Waals surface area contributed by atoms with Crippen molar-refractivity contribution in [2.24, 2.45) is 0 Å². The van der Waals surface area contributed by atoms with Gasteiger partial charge in [-0.1, -0.05) is 0 Å². The first-order valence-electron chi connectivity index (χ1n) is 4.30. The van der Waals surface area contributed by atoms with Crippen molar-refractivity contribution in [3.8, 4) is 5.88 Å². The summed E-state index contributed by atoms with van der Waals surface area (Å²) in [6, 6.07) is 2.94. The van der Waals surface area contributed by atoms with E-state index in [0.717, 1.165) is 0 Å². The molecule has 0 spiro atoms. The van der Waals surface area contributed by atoms with Crippen LogP contribution in [0, 0.1) is 0 Å². The largest absolute Gasteiger partial charge is 0.708 e. The molecular weight excluding hydrogens is 201 g/mol. The van der Waals surface area contributed by atoms with Crippen LogP contribution in [-0.4, -0.2) is 34.9 Å². The van der Waals surface area contributed by atoms with E-state index in [4.69, 9.17) is 14.8 Å². The third kappa shape index (κ3) is 3.23. The summed E-state index contributed by atoms with van der Waals surface area (Å²) in [6.45, 7) is 1.88. The highest BCUT2D eigenvalue weighted by Gasteiger charge is 2.19. The molecule has 1 aromatic heterocycles. The molecule has 1 aromatic rings. The average Bonchev–Trinajstić information content (AvgIpc) is 2.18. The molecule has 0 aliphatic heterocycles. The van der Waals surface area contributed by atoms with Gasteiger partial charge in [0.1, 0.15) is 5.56 Å². The smallest absolute Gasteiger partial charge is 0.497 e. The van der Waals surface area contributed by atoms with Crippen LogP contribution in [0.2, 0.25) is 0 Å². The lowest BCUT2D eigenvalue weighted by Gasteiger charge is -2.08. The van der Waals surface area contributed by atoms with Gasteiger partial charge in [0, 0.05) is 6.20 Å². The van der Waals surface area contributed by atoms with E-state index in [2.05, 4.69) is 9.64 Å². The predicted molar refractivity (Wildman–Crippen MR) is 51.0 cm³/mol. The van der Waals surface area contributed by atoms with Crippen molar-refractivity contribution in [2.45, 2.75) is 6.92 Å². The fourth-order valence-electron chi connectivity index (χ4n) is 0.949. The van der Waals surface area contributed by atoms with Gasteiger partial charge in [0.25, 0.3) is 0 Å². The van der Waals surface area contributed by atoms with Crippen LogP contribution >= 0.6 is 0 Å². The number of carbonyl (C=O) groups excluding carboxylic acids is 1. The maximum Gasteiger partial charge on any atom is 0.708 e. The zero-order valence-corrected chi connectivity index (χ0v) is 8.08. The lowest BCUT2D eigenvalue weighted by Crippen LogP contribution is -2.23. The second kappa shape index (κ2) is 5.33. The van der Waals surface area contributed by atoms with Gasteiger partial charge in [-0.05, 0) is 19.1 Å². The van der Waals surface area contributed by atoms with Gasteiger partial charge >= 0.3 is 13.3 Å². The highest BCUT2D eigenvalue weighted by molar-refractivity contribution is 6.33. The van der Waals surface area contributed by atoms with E-state index in [1.165, 1.54) is 18.3 Å². The highest BCUT2D eigenvalue weighted by atomic mass is 16.6. The SMILES string of the molecule is CCOC(=O)c1cccnc1OB(O)O. The average molecular weight is 211 g/mol. The number of hydrogen-bond acceptors (Lipinski definition) is 6. The summed E-state index contributed by atoms with van der Waals surface area (Å²) < 4.78 is 9.24. The summed E-state index contributed by atoms with van der Waals surface area (Å²) in [4.78, 5) is 15.0. The number of ether oxygens (including phenoxy) is 1. The van der Waals surface area contributed by atoms with Crippen molar-refractivity contribution in [1.29, 1.82) is 0 Å². The molecule has 1 heterocycles. The van der Waals surface area contributed by atoms with Crippen LogP contribution in [0.3, 0.4) is 0 Å². The lowest BCUT2D eigenvalue weighted by molar-refractivity contribution is 0.0523. The molecule has 0 bridgehead atoms. The first-order chi connectivity index (χ1) is 7.15. The van der Waals surface area contributed by atoms with Gasteiger partial charge in [0.2, 0.25) is 5.88 Å². The van der Waals surface area contributed by atoms with Crippen LogP contribution in [0.25, 0.3) is 0 Å². The van der Waals surface area contributed by atoms with Crippen molar-refractivity contribution in [1.82, 2.24) is 4.98 Å². The van der Waals surface area contributed by atoms with Crippen LogP contribution in [0.1, 0.15) is 17.3 Å². The maximum atomic E-state index is 11.3. The molecule has 0 unspecified atom stereocenters. The number of hydrogen-bond donors (Lipinski definition) is 2. The Kier molecular flexibility index (Phi) is 4.08. The van der Waals surface area contributed by atoms with Gasteiger partial charge in [-0.3, -0.25) is 0 Å². The summed E-state index contributed by atoms with van der Waals surface area (Å²) in [7, 11) is -2.02. The van der Waals surface area contributed by atoms with Crippen molar-refractivity contribution in [3.63, 3.8) is 0 Å². The third-order valence-electron chi connectivity index (χ3n) is 1.48. The molecule has 6 nitrogen and oxygen atoms in total. The van der Waals surface area contributed by atoms with E-state index in [1.54, 1.807) is 6.92 Å². The van der Waals surface area contributed by atoms with Crippen LogP contribution < -0.4 is 4.65 Å². The number of esters is 1. The van der Waals surface area contributed by atoms with E-state index in [9.17, 15) is 4.79 Å². The van der Waals surface area contributed by atoms with E-state index in [0.29, 0.717) is 0 Å². The summed E-state index contributed by atoms with van der Waals surface area (Å²) in [5.74, 6) is -0.799. The lowest BCUT2D eigenvalue weighted by atomic mass is 10.2. The van der Waals surface area contributed by atoms with Gasteiger partial charge in [0.15, 0.2) is 0 Å². The molecule has 0 amide bonds. The topological polar surface area (TPSA) is 88.9 Å². The molecule has 0 aliphatic carbocycles. The summed E-state index contributed by atoms with van der Waals surface area (Å²) >= 11 is 0. The molecule has 7 heteroatoms. The molecule has 2 N–H and O–H groups in total. The Labute approximate surface area is 86.7 Å². The van der Waals surface area contributed by atoms with Crippen molar-refractivity contribution >= 4 is 13.3 Å². The highest BCUT2D eigenvalue weighted by Crippen LogP contribution is 2.15. The summed E-state index contributed by atoms with van der Waals surface area (Å²) in [6.07, 6.45) is 1.36. The third-order valence-corrected chi connectivity index (χ3v) is 1.48. The normalized spacial score (nSPS) is 9.53. The molecule has 0 saturated carbocycles. The fraction of sp³-hybridized carbons (Fsp3) is 0.250. The summed E-state index contributed by atoms with van der Waals surface area (Å²) in [5.41, 5.74) is 0.0486. The van der Waals surface area contributed by atoms with E-state index >= 15 is 0 Å². The zero-order chi connectivity index (χ0) is 11.3. The predicted octanol–water partition coefficient (Wildman–Crippen LogP) is -0.393. The van der Waals surface area contributed by atoms with Gasteiger partial charge in [0.05, 0.1) is 6.61 Å². The van der Waals surface area contributed by atoms with E-state index < -0.39 is 13.3 Å². The zero-order valence-electron chi connectivity index (χ0n) is 8.08. The molecular formula is C8H10BNO5. The molecule has 0 radical (unpaired) electrons. The number of pyridine rings is 1. The standard InChI is InChI=1S/C8H10BNO5/c1-2-14-8(11)6-4-3-5-10-7(6)15-9(12)13/h3-5,12-13H,2H2,1H3. The van der Waals surface area contributed by atoms with Crippen LogP contribution in [0.15, 0.2) is 18.3 Å². The maximum absolute atomic E-state index is 11.3. The second-order valence-corrected chi connectivity index (χ2v) is 2.52. The first kappa shape index (κ1) is 11.5. The minimum atomic E-state index is -2.02. The summed E-state index contributed by atoms with van der Waals surface area (Å²) in [5, 5.41) is 17.2. The molecule has 0 saturated heterocycles. The first-order valence-corrected chi connectivity index (χ1v) is 4.30. The second-order valence-electron chi connectivity index (χ2n) is 2.52. The molecule has 0 atom stereocenters. The molecule has 0 fully saturated rings. The Morgan fingerprint density at radius 2 is 2.33 bits per heavy atom. The Hall–Kier alpha value is -1.60. The van der Waals surface area contributed by atoms with Crippen molar-refractivity contribution in [3.05, 3.63) is 23.9 Å². The van der Waals surface area contributed by atoms with Gasteiger partial charge in [-0.15, -0.1) is 0 Å². The van der Waals surface area contributed by atoms with Crippen LogP contribution in [0.5, 0.6) is 5.88 Å². The minimum Gasteiger partial charge on any atom is -0.497 e. The monoisotopic (exact) mass is 211 g/mol. The van der Waals surface area contributed by atoms with Crippen molar-refractivity contribution < 1.29 is 24.2 Å². The molecule has 80 valence electrons. The fourth-order valence-corrected chi connectivity index (χ4v) is 0.949. The molecule has 15 heavy (non-hydrogen) atoms. The Morgan fingerprint density at radius 3 is 2.93 bits per heavy atom. The molecule has 0 aliphatic rings. The Balaban J connectivity index is 2.90. The Morgan fingerprint density at radius 1 is 1.60 bits per heavy atom. The quantitative estimate of drug-likeness (QED) is 0.520. The minimum absolute atomic E-state index is 0.0486. The van der Waals surface area contributed by atoms with Crippen molar-refractivity contribution in [2.75, 3.05) is 6.61 Å². The van der Waals surface area contributed by atoms with Crippen LogP contribution in [-0.2, 0) is 4.74 Å².